The quantitative estimate of drug-likeness (QED) is 0.568. The highest BCUT2D eigenvalue weighted by Gasteiger charge is 2.12. The maximum atomic E-state index is 8.19. The lowest BCUT2D eigenvalue weighted by Gasteiger charge is -2.20. The molecule has 0 amide bonds. The van der Waals surface area contributed by atoms with E-state index in [1.54, 1.807) is 0 Å². The Balaban J connectivity index is 2.09. The molecule has 1 heterocycles. The van der Waals surface area contributed by atoms with Crippen molar-refractivity contribution in [3.05, 3.63) is 0 Å². The molecular weight excluding hydrogens is 130 g/mol. The van der Waals surface area contributed by atoms with Crippen molar-refractivity contribution >= 4 is 0 Å². The van der Waals surface area contributed by atoms with Gasteiger partial charge in [0.15, 0.2) is 0 Å². The Hall–Kier alpha value is -0.590. The highest BCUT2D eigenvalue weighted by atomic mass is 16.5. The molecule has 0 aromatic carbocycles. The van der Waals surface area contributed by atoms with Gasteiger partial charge < -0.3 is 9.47 Å². The van der Waals surface area contributed by atoms with E-state index in [1.807, 2.05) is 6.07 Å². The summed E-state index contributed by atoms with van der Waals surface area (Å²) < 4.78 is 10.3. The van der Waals surface area contributed by atoms with Crippen LogP contribution < -0.4 is 0 Å². The van der Waals surface area contributed by atoms with Crippen LogP contribution in [0.15, 0.2) is 0 Å². The van der Waals surface area contributed by atoms with Crippen LogP contribution in [0.5, 0.6) is 0 Å². The van der Waals surface area contributed by atoms with Gasteiger partial charge in [-0.05, 0) is 12.8 Å². The molecule has 0 bridgehead atoms. The van der Waals surface area contributed by atoms with Gasteiger partial charge in [0.1, 0.15) is 6.61 Å². The van der Waals surface area contributed by atoms with Crippen LogP contribution in [0.4, 0.5) is 0 Å². The van der Waals surface area contributed by atoms with E-state index in [4.69, 9.17) is 14.7 Å². The molecule has 0 radical (unpaired) electrons. The third kappa shape index (κ3) is 2.34. The van der Waals surface area contributed by atoms with Crippen molar-refractivity contribution in [1.82, 2.24) is 0 Å². The third-order valence-corrected chi connectivity index (χ3v) is 1.55. The second-order valence-electron chi connectivity index (χ2n) is 2.28. The lowest BCUT2D eigenvalue weighted by atomic mass is 10.2. The predicted molar refractivity (Wildman–Crippen MR) is 35.4 cm³/mol. The van der Waals surface area contributed by atoms with Crippen molar-refractivity contribution < 1.29 is 9.47 Å². The molecule has 3 nitrogen and oxygen atoms in total. The minimum atomic E-state index is 0.213. The largest absolute Gasteiger partial charge is 0.381 e. The molecule has 1 saturated heterocycles. The first-order chi connectivity index (χ1) is 4.93. The lowest BCUT2D eigenvalue weighted by Crippen LogP contribution is -2.23. The molecule has 0 aromatic rings. The van der Waals surface area contributed by atoms with Crippen LogP contribution in [0.1, 0.15) is 12.8 Å². The summed E-state index contributed by atoms with van der Waals surface area (Å²) in [6.45, 7) is 1.76. The Morgan fingerprint density at radius 3 is 2.80 bits per heavy atom. The maximum absolute atomic E-state index is 8.19. The Bertz CT molecular complexity index is 124. The first-order valence-corrected chi connectivity index (χ1v) is 3.50. The van der Waals surface area contributed by atoms with Crippen molar-refractivity contribution in [3.63, 3.8) is 0 Å². The molecule has 0 saturated carbocycles. The van der Waals surface area contributed by atoms with Gasteiger partial charge in [-0.3, -0.25) is 0 Å². The summed E-state index contributed by atoms with van der Waals surface area (Å²) in [5, 5.41) is 8.19. The average molecular weight is 141 g/mol. The first-order valence-electron chi connectivity index (χ1n) is 3.50. The van der Waals surface area contributed by atoms with Crippen molar-refractivity contribution in [2.45, 2.75) is 18.9 Å². The highest BCUT2D eigenvalue weighted by molar-refractivity contribution is 4.70. The third-order valence-electron chi connectivity index (χ3n) is 1.55. The second kappa shape index (κ2) is 4.26. The SMILES string of the molecule is N#CCOC1CCOCC1. The molecule has 0 unspecified atom stereocenters. The van der Waals surface area contributed by atoms with Crippen LogP contribution in [0.25, 0.3) is 0 Å². The number of hydrogen-bond acceptors (Lipinski definition) is 3. The fourth-order valence-electron chi connectivity index (χ4n) is 0.998. The van der Waals surface area contributed by atoms with E-state index in [9.17, 15) is 0 Å². The molecule has 1 aliphatic heterocycles. The van der Waals surface area contributed by atoms with E-state index in [0.717, 1.165) is 26.1 Å². The molecule has 0 aliphatic carbocycles. The minimum Gasteiger partial charge on any atom is -0.381 e. The van der Waals surface area contributed by atoms with Crippen molar-refractivity contribution in [2.75, 3.05) is 19.8 Å². The number of nitrogens with zero attached hydrogens (tertiary/aromatic N) is 1. The fraction of sp³-hybridized carbons (Fsp3) is 0.857. The summed E-state index contributed by atoms with van der Waals surface area (Å²) in [6.07, 6.45) is 2.12. The molecule has 0 atom stereocenters. The number of hydrogen-bond donors (Lipinski definition) is 0. The van der Waals surface area contributed by atoms with E-state index >= 15 is 0 Å². The van der Waals surface area contributed by atoms with Gasteiger partial charge in [-0.2, -0.15) is 5.26 Å². The monoisotopic (exact) mass is 141 g/mol. The Morgan fingerprint density at radius 1 is 1.50 bits per heavy atom. The molecule has 0 spiro atoms. The summed E-state index contributed by atoms with van der Waals surface area (Å²) in [6, 6.07) is 1.95. The van der Waals surface area contributed by atoms with Gasteiger partial charge in [-0.25, -0.2) is 0 Å². The lowest BCUT2D eigenvalue weighted by molar-refractivity contribution is -0.0209. The van der Waals surface area contributed by atoms with Gasteiger partial charge >= 0.3 is 0 Å². The van der Waals surface area contributed by atoms with Crippen LogP contribution >= 0.6 is 0 Å². The highest BCUT2D eigenvalue weighted by Crippen LogP contribution is 2.09. The number of ether oxygens (including phenoxy) is 2. The van der Waals surface area contributed by atoms with E-state index < -0.39 is 0 Å². The Morgan fingerprint density at radius 2 is 2.20 bits per heavy atom. The minimum absolute atomic E-state index is 0.213. The van der Waals surface area contributed by atoms with Crippen LogP contribution in [-0.4, -0.2) is 25.9 Å². The molecule has 10 heavy (non-hydrogen) atoms. The molecule has 56 valence electrons. The zero-order chi connectivity index (χ0) is 7.23. The van der Waals surface area contributed by atoms with Crippen molar-refractivity contribution in [3.8, 4) is 6.07 Å². The molecular formula is C7H11NO2. The Kier molecular flexibility index (Phi) is 3.20. The molecule has 1 fully saturated rings. The fourth-order valence-corrected chi connectivity index (χ4v) is 0.998. The summed E-state index contributed by atoms with van der Waals surface area (Å²) in [5.41, 5.74) is 0. The number of rotatable bonds is 2. The Labute approximate surface area is 60.5 Å². The average Bonchev–Trinajstić information content (AvgIpc) is 2.03. The van der Waals surface area contributed by atoms with Gasteiger partial charge in [0, 0.05) is 13.2 Å². The zero-order valence-corrected chi connectivity index (χ0v) is 5.88. The zero-order valence-electron chi connectivity index (χ0n) is 5.88. The van der Waals surface area contributed by atoms with Crippen LogP contribution in [0.3, 0.4) is 0 Å². The van der Waals surface area contributed by atoms with Gasteiger partial charge in [-0.15, -0.1) is 0 Å². The van der Waals surface area contributed by atoms with Gasteiger partial charge in [0.05, 0.1) is 12.2 Å². The topological polar surface area (TPSA) is 42.2 Å². The summed E-state index contributed by atoms with van der Waals surface area (Å²) in [7, 11) is 0. The molecule has 1 aliphatic rings. The number of nitriles is 1. The predicted octanol–water partition coefficient (Wildman–Crippen LogP) is 0.706. The van der Waals surface area contributed by atoms with E-state index in [2.05, 4.69) is 0 Å². The van der Waals surface area contributed by atoms with Gasteiger partial charge in [0.25, 0.3) is 0 Å². The van der Waals surface area contributed by atoms with Crippen LogP contribution in [0.2, 0.25) is 0 Å². The molecule has 0 aromatic heterocycles. The summed E-state index contributed by atoms with van der Waals surface area (Å²) >= 11 is 0. The maximum Gasteiger partial charge on any atom is 0.134 e. The standard InChI is InChI=1S/C7H11NO2/c8-3-6-10-7-1-4-9-5-2-7/h7H,1-2,4-6H2. The molecule has 3 heteroatoms. The van der Waals surface area contributed by atoms with Crippen LogP contribution in [0, 0.1) is 11.3 Å². The van der Waals surface area contributed by atoms with E-state index in [-0.39, 0.29) is 12.7 Å². The van der Waals surface area contributed by atoms with E-state index in [1.165, 1.54) is 0 Å². The summed E-state index contributed by atoms with van der Waals surface area (Å²) in [4.78, 5) is 0. The first kappa shape index (κ1) is 7.52. The smallest absolute Gasteiger partial charge is 0.134 e. The van der Waals surface area contributed by atoms with Crippen molar-refractivity contribution in [1.29, 1.82) is 5.26 Å². The summed E-state index contributed by atoms with van der Waals surface area (Å²) in [5.74, 6) is 0. The molecule has 0 N–H and O–H groups in total. The van der Waals surface area contributed by atoms with Gasteiger partial charge in [0.2, 0.25) is 0 Å². The normalized spacial score (nSPS) is 20.3. The molecule has 1 rings (SSSR count). The van der Waals surface area contributed by atoms with E-state index in [0.29, 0.717) is 0 Å². The second-order valence-corrected chi connectivity index (χ2v) is 2.28. The van der Waals surface area contributed by atoms with Crippen LogP contribution in [-0.2, 0) is 9.47 Å². The van der Waals surface area contributed by atoms with Crippen molar-refractivity contribution in [2.24, 2.45) is 0 Å². The van der Waals surface area contributed by atoms with Gasteiger partial charge in [-0.1, -0.05) is 0 Å².